The number of rotatable bonds is 5. The molecule has 0 bridgehead atoms. The molecular weight excluding hydrogens is 347 g/mol. The van der Waals surface area contributed by atoms with E-state index in [9.17, 15) is 9.18 Å². The van der Waals surface area contributed by atoms with E-state index in [1.165, 1.54) is 28.3 Å². The molecule has 0 radical (unpaired) electrons. The highest BCUT2D eigenvalue weighted by atomic mass is 32.1. The summed E-state index contributed by atoms with van der Waals surface area (Å²) in [5.41, 5.74) is 2.91. The molecule has 0 fully saturated rings. The van der Waals surface area contributed by atoms with Gasteiger partial charge in [-0.2, -0.15) is 0 Å². The summed E-state index contributed by atoms with van der Waals surface area (Å²) in [7, 11) is 0. The quantitative estimate of drug-likeness (QED) is 0.725. The molecule has 2 heterocycles. The fraction of sp³-hybridized carbons (Fsp3) is 0.190. The highest BCUT2D eigenvalue weighted by Gasteiger charge is 2.28. The van der Waals surface area contributed by atoms with Gasteiger partial charge in [-0.05, 0) is 47.7 Å². The largest absolute Gasteiger partial charge is 0.361 e. The molecule has 1 aliphatic rings. The molecule has 0 saturated heterocycles. The van der Waals surface area contributed by atoms with Crippen LogP contribution in [0.25, 0.3) is 0 Å². The highest BCUT2D eigenvalue weighted by molar-refractivity contribution is 7.10. The molecule has 1 amide bonds. The first-order valence-electron chi connectivity index (χ1n) is 8.64. The van der Waals surface area contributed by atoms with Gasteiger partial charge < -0.3 is 10.2 Å². The van der Waals surface area contributed by atoms with Crippen molar-refractivity contribution in [2.24, 2.45) is 0 Å². The Kier molecular flexibility index (Phi) is 4.71. The zero-order chi connectivity index (χ0) is 17.9. The van der Waals surface area contributed by atoms with Crippen LogP contribution in [0.5, 0.6) is 0 Å². The van der Waals surface area contributed by atoms with Crippen LogP contribution in [-0.2, 0) is 6.42 Å². The van der Waals surface area contributed by atoms with Crippen molar-refractivity contribution in [2.45, 2.75) is 12.5 Å². The van der Waals surface area contributed by atoms with Gasteiger partial charge in [0.2, 0.25) is 0 Å². The Morgan fingerprint density at radius 3 is 2.85 bits per heavy atom. The van der Waals surface area contributed by atoms with Crippen LogP contribution in [0.2, 0.25) is 0 Å². The first-order chi connectivity index (χ1) is 12.7. The number of hydrogen-bond donors (Lipinski definition) is 1. The van der Waals surface area contributed by atoms with Gasteiger partial charge in [0.15, 0.2) is 0 Å². The van der Waals surface area contributed by atoms with E-state index in [-0.39, 0.29) is 11.9 Å². The maximum atomic E-state index is 13.4. The van der Waals surface area contributed by atoms with E-state index in [4.69, 9.17) is 0 Å². The van der Waals surface area contributed by atoms with Crippen molar-refractivity contribution in [1.82, 2.24) is 5.32 Å². The summed E-state index contributed by atoms with van der Waals surface area (Å²) < 4.78 is 13.4. The number of halogens is 1. The lowest BCUT2D eigenvalue weighted by Gasteiger charge is -2.30. The molecular formula is C21H19FN2OS. The second-order valence-electron chi connectivity index (χ2n) is 6.32. The molecule has 2 aromatic carbocycles. The van der Waals surface area contributed by atoms with E-state index in [2.05, 4.69) is 39.9 Å². The Balaban J connectivity index is 1.55. The van der Waals surface area contributed by atoms with Gasteiger partial charge in [0.1, 0.15) is 5.82 Å². The third-order valence-corrected chi connectivity index (χ3v) is 5.69. The molecule has 1 aliphatic heterocycles. The van der Waals surface area contributed by atoms with Gasteiger partial charge in [0.05, 0.1) is 6.04 Å². The number of hydrogen-bond acceptors (Lipinski definition) is 3. The SMILES string of the molecule is O=C(NCC(c1cccs1)N1CCc2ccccc21)c1cccc(F)c1. The number of benzene rings is 2. The topological polar surface area (TPSA) is 32.3 Å². The first kappa shape index (κ1) is 16.8. The maximum Gasteiger partial charge on any atom is 0.251 e. The molecule has 5 heteroatoms. The lowest BCUT2D eigenvalue weighted by Crippen LogP contribution is -2.37. The zero-order valence-corrected chi connectivity index (χ0v) is 15.0. The summed E-state index contributed by atoms with van der Waals surface area (Å²) >= 11 is 1.69. The Labute approximate surface area is 156 Å². The van der Waals surface area contributed by atoms with Crippen LogP contribution in [-0.4, -0.2) is 19.0 Å². The van der Waals surface area contributed by atoms with Gasteiger partial charge in [-0.1, -0.05) is 30.3 Å². The van der Waals surface area contributed by atoms with Gasteiger partial charge >= 0.3 is 0 Å². The standard InChI is InChI=1S/C21H19FN2OS/c22-17-7-3-6-16(13-17)21(25)23-14-19(20-9-4-12-26-20)24-11-10-15-5-1-2-8-18(15)24/h1-9,12-13,19H,10-11,14H2,(H,23,25). The molecule has 1 atom stereocenters. The van der Waals surface area contributed by atoms with Crippen LogP contribution in [0.3, 0.4) is 0 Å². The summed E-state index contributed by atoms with van der Waals surface area (Å²) in [4.78, 5) is 16.0. The van der Waals surface area contributed by atoms with E-state index in [0.717, 1.165) is 13.0 Å². The molecule has 1 aromatic heterocycles. The van der Waals surface area contributed by atoms with Crippen LogP contribution in [0.15, 0.2) is 66.0 Å². The number of nitrogens with one attached hydrogen (secondary N) is 1. The Morgan fingerprint density at radius 1 is 1.15 bits per heavy atom. The fourth-order valence-corrected chi connectivity index (χ4v) is 4.29. The van der Waals surface area contributed by atoms with Crippen molar-refractivity contribution >= 4 is 22.9 Å². The van der Waals surface area contributed by atoms with Crippen molar-refractivity contribution in [3.8, 4) is 0 Å². The highest BCUT2D eigenvalue weighted by Crippen LogP contribution is 2.36. The zero-order valence-electron chi connectivity index (χ0n) is 14.2. The molecule has 4 rings (SSSR count). The molecule has 26 heavy (non-hydrogen) atoms. The number of amides is 1. The number of carbonyl (C=O) groups is 1. The molecule has 0 spiro atoms. The van der Waals surface area contributed by atoms with Crippen LogP contribution in [0.1, 0.15) is 26.8 Å². The Morgan fingerprint density at radius 2 is 2.04 bits per heavy atom. The van der Waals surface area contributed by atoms with Crippen LogP contribution in [0.4, 0.5) is 10.1 Å². The van der Waals surface area contributed by atoms with E-state index in [0.29, 0.717) is 12.1 Å². The number of thiophene rings is 1. The van der Waals surface area contributed by atoms with Crippen molar-refractivity contribution in [2.75, 3.05) is 18.0 Å². The average molecular weight is 366 g/mol. The molecule has 132 valence electrons. The molecule has 3 nitrogen and oxygen atoms in total. The van der Waals surface area contributed by atoms with Crippen molar-refractivity contribution < 1.29 is 9.18 Å². The summed E-state index contributed by atoms with van der Waals surface area (Å²) in [5.74, 6) is -0.653. The average Bonchev–Trinajstić information content (AvgIpc) is 3.32. The number of anilines is 1. The Bertz CT molecular complexity index is 910. The summed E-state index contributed by atoms with van der Waals surface area (Å²) in [5, 5.41) is 5.04. The second kappa shape index (κ2) is 7.30. The fourth-order valence-electron chi connectivity index (χ4n) is 3.45. The van der Waals surface area contributed by atoms with Gasteiger partial charge in [-0.3, -0.25) is 4.79 Å². The molecule has 3 aromatic rings. The van der Waals surface area contributed by atoms with E-state index >= 15 is 0 Å². The second-order valence-corrected chi connectivity index (χ2v) is 7.30. The lowest BCUT2D eigenvalue weighted by molar-refractivity contribution is 0.0950. The monoisotopic (exact) mass is 366 g/mol. The third-order valence-electron chi connectivity index (χ3n) is 4.71. The Hall–Kier alpha value is -2.66. The molecule has 0 aliphatic carbocycles. The molecule has 1 unspecified atom stereocenters. The maximum absolute atomic E-state index is 13.4. The van der Waals surface area contributed by atoms with Crippen LogP contribution < -0.4 is 10.2 Å². The van der Waals surface area contributed by atoms with Gasteiger partial charge in [0, 0.05) is 29.2 Å². The molecule has 0 saturated carbocycles. The lowest BCUT2D eigenvalue weighted by atomic mass is 10.1. The van der Waals surface area contributed by atoms with Crippen molar-refractivity contribution in [3.05, 3.63) is 87.9 Å². The van der Waals surface area contributed by atoms with Crippen LogP contribution in [0, 0.1) is 5.82 Å². The number of carbonyl (C=O) groups excluding carboxylic acids is 1. The van der Waals surface area contributed by atoms with E-state index < -0.39 is 5.82 Å². The number of para-hydroxylation sites is 1. The van der Waals surface area contributed by atoms with E-state index in [1.807, 2.05) is 12.1 Å². The number of fused-ring (bicyclic) bond motifs is 1. The molecule has 1 N–H and O–H groups in total. The van der Waals surface area contributed by atoms with Crippen LogP contribution >= 0.6 is 11.3 Å². The first-order valence-corrected chi connectivity index (χ1v) is 9.52. The van der Waals surface area contributed by atoms with Crippen molar-refractivity contribution in [1.29, 1.82) is 0 Å². The summed E-state index contributed by atoms with van der Waals surface area (Å²) in [6, 6.07) is 18.4. The minimum absolute atomic E-state index is 0.0659. The normalized spacial score (nSPS) is 14.1. The van der Waals surface area contributed by atoms with Gasteiger partial charge in [-0.15, -0.1) is 11.3 Å². The van der Waals surface area contributed by atoms with Gasteiger partial charge in [0.25, 0.3) is 5.91 Å². The minimum atomic E-state index is -0.402. The minimum Gasteiger partial charge on any atom is -0.361 e. The smallest absolute Gasteiger partial charge is 0.251 e. The predicted octanol–water partition coefficient (Wildman–Crippen LogP) is 4.42. The van der Waals surface area contributed by atoms with Crippen molar-refractivity contribution in [3.63, 3.8) is 0 Å². The number of nitrogens with zero attached hydrogens (tertiary/aromatic N) is 1. The third kappa shape index (κ3) is 3.35. The predicted molar refractivity (Wildman–Crippen MR) is 103 cm³/mol. The van der Waals surface area contributed by atoms with E-state index in [1.54, 1.807) is 23.5 Å². The summed E-state index contributed by atoms with van der Waals surface area (Å²) in [6.45, 7) is 1.40. The van der Waals surface area contributed by atoms with Gasteiger partial charge in [-0.25, -0.2) is 4.39 Å². The summed E-state index contributed by atoms with van der Waals surface area (Å²) in [6.07, 6.45) is 1.01.